The van der Waals surface area contributed by atoms with E-state index in [9.17, 15) is 14.4 Å². The number of imidazole rings is 2. The van der Waals surface area contributed by atoms with E-state index in [0.717, 1.165) is 78.2 Å². The Bertz CT molecular complexity index is 2100. The first-order chi connectivity index (χ1) is 28.8. The predicted octanol–water partition coefficient (Wildman–Crippen LogP) is 4.71. The number of rotatable bonds is 14. The first-order valence-electron chi connectivity index (χ1n) is 19.7. The van der Waals surface area contributed by atoms with Crippen molar-refractivity contribution in [2.45, 2.75) is 26.4 Å². The van der Waals surface area contributed by atoms with Crippen LogP contribution in [0.15, 0.2) is 85.7 Å². The minimum Gasteiger partial charge on any atom is -0.490 e. The summed E-state index contributed by atoms with van der Waals surface area (Å²) in [7, 11) is 3.75. The van der Waals surface area contributed by atoms with Crippen LogP contribution in [0.2, 0.25) is 0 Å². The maximum Gasteiger partial charge on any atom is 0.261 e. The van der Waals surface area contributed by atoms with Gasteiger partial charge in [-0.05, 0) is 88.4 Å². The molecule has 8 rings (SSSR count). The summed E-state index contributed by atoms with van der Waals surface area (Å²) in [5.41, 5.74) is 12.9. The minimum atomic E-state index is -0.209. The summed E-state index contributed by atoms with van der Waals surface area (Å²) in [5, 5.41) is 2.75. The van der Waals surface area contributed by atoms with Crippen molar-refractivity contribution in [3.8, 4) is 11.5 Å². The van der Waals surface area contributed by atoms with Gasteiger partial charge in [-0.2, -0.15) is 0 Å². The molecule has 59 heavy (non-hydrogen) atoms. The number of carbonyl (C=O) groups excluding carboxylic acids is 3. The number of fused-ring (bicyclic) bond motifs is 3. The number of benzene rings is 3. The van der Waals surface area contributed by atoms with E-state index in [1.54, 1.807) is 60.0 Å². The van der Waals surface area contributed by atoms with Gasteiger partial charge in [-0.25, -0.2) is 9.97 Å². The highest BCUT2D eigenvalue weighted by Crippen LogP contribution is 2.40. The van der Waals surface area contributed by atoms with E-state index in [2.05, 4.69) is 58.4 Å². The van der Waals surface area contributed by atoms with Crippen molar-refractivity contribution < 1.29 is 23.9 Å². The van der Waals surface area contributed by atoms with Gasteiger partial charge in [-0.3, -0.25) is 19.3 Å². The first kappa shape index (κ1) is 42.6. The lowest BCUT2D eigenvalue weighted by atomic mass is 10.1. The van der Waals surface area contributed by atoms with Gasteiger partial charge in [-0.15, -0.1) is 0 Å². The van der Waals surface area contributed by atoms with Gasteiger partial charge in [0.25, 0.3) is 11.8 Å². The molecular weight excluding hydrogens is 771 g/mol. The summed E-state index contributed by atoms with van der Waals surface area (Å²) in [4.78, 5) is 58.4. The number of hydrogen-bond donors (Lipinski definition) is 4. The Labute approximate surface area is 349 Å². The number of amides is 3. The third-order valence-electron chi connectivity index (χ3n) is 9.95. The second-order valence-corrected chi connectivity index (χ2v) is 14.8. The van der Waals surface area contributed by atoms with E-state index >= 15 is 0 Å². The fourth-order valence-electron chi connectivity index (χ4n) is 7.11. The summed E-state index contributed by atoms with van der Waals surface area (Å²) < 4.78 is 13.8. The van der Waals surface area contributed by atoms with Gasteiger partial charge in [0.2, 0.25) is 6.41 Å². The molecule has 0 spiro atoms. The molecule has 2 aromatic heterocycles. The minimum absolute atomic E-state index is 0.0123. The summed E-state index contributed by atoms with van der Waals surface area (Å²) >= 11 is 1.61. The van der Waals surface area contributed by atoms with E-state index in [0.29, 0.717) is 49.7 Å². The van der Waals surface area contributed by atoms with E-state index < -0.39 is 0 Å². The molecule has 5 aromatic rings. The molecule has 3 aromatic carbocycles. The van der Waals surface area contributed by atoms with Crippen LogP contribution in [-0.2, 0) is 11.3 Å². The molecule has 0 bridgehead atoms. The van der Waals surface area contributed by atoms with Crippen LogP contribution in [0.5, 0.6) is 11.5 Å². The van der Waals surface area contributed by atoms with Gasteiger partial charge >= 0.3 is 0 Å². The van der Waals surface area contributed by atoms with E-state index in [-0.39, 0.29) is 17.9 Å². The Morgan fingerprint density at radius 2 is 1.53 bits per heavy atom. The van der Waals surface area contributed by atoms with Gasteiger partial charge < -0.3 is 49.5 Å². The molecule has 312 valence electrons. The zero-order chi connectivity index (χ0) is 41.7. The van der Waals surface area contributed by atoms with Crippen molar-refractivity contribution in [2.75, 3.05) is 91.3 Å². The third kappa shape index (κ3) is 9.81. The Morgan fingerprint density at radius 3 is 2.14 bits per heavy atom. The van der Waals surface area contributed by atoms with Gasteiger partial charge in [0.05, 0.1) is 78.4 Å². The van der Waals surface area contributed by atoms with E-state index in [1.165, 1.54) is 4.90 Å². The summed E-state index contributed by atoms with van der Waals surface area (Å²) in [6.07, 6.45) is 7.82. The molecule has 0 fully saturated rings. The van der Waals surface area contributed by atoms with Crippen LogP contribution in [0.1, 0.15) is 52.0 Å². The fraction of sp³-hybridized carbons (Fsp3) is 0.357. The second-order valence-electron chi connectivity index (χ2n) is 13.7. The van der Waals surface area contributed by atoms with Gasteiger partial charge in [-0.1, -0.05) is 12.1 Å². The average Bonchev–Trinajstić information content (AvgIpc) is 4.04. The second kappa shape index (κ2) is 20.6. The maximum absolute atomic E-state index is 12.6. The molecule has 3 aliphatic rings. The molecule has 0 aliphatic carbocycles. The Balaban J connectivity index is 0.000000197. The summed E-state index contributed by atoms with van der Waals surface area (Å²) in [5.74, 6) is 1.88. The number of ether oxygens (including phenoxy) is 2. The zero-order valence-electron chi connectivity index (χ0n) is 34.0. The topological polar surface area (TPSA) is 181 Å². The molecule has 3 aliphatic heterocycles. The Morgan fingerprint density at radius 1 is 0.881 bits per heavy atom. The van der Waals surface area contributed by atoms with Crippen LogP contribution >= 0.6 is 11.9 Å². The fourth-order valence-corrected chi connectivity index (χ4v) is 8.04. The first-order valence-corrected chi connectivity index (χ1v) is 20.7. The number of nitrogens with zero attached hydrogens (tertiary/aromatic N) is 7. The number of nitrogens with two attached hydrogens (primary N) is 1. The highest BCUT2D eigenvalue weighted by atomic mass is 32.2. The predicted molar refractivity (Wildman–Crippen MR) is 233 cm³/mol. The SMILES string of the molecule is CCN(C=O)c1ccc2c(c1)N(C(CN)c1cnc[nH]1)CCO2.CCN(SCCN1C(=O)c2ccccc2C1=O)c1ccc2c(c1)N(Cc1cnc[nH]1)CCO2.CNC. The quantitative estimate of drug-likeness (QED) is 0.0688. The number of anilines is 4. The standard InChI is InChI=1S/C24H25N5O3S.C16H21N5O2.C2H7N/c1-2-29(33-12-10-28-23(30)19-5-3-4-6-20(19)24(28)31)18-7-8-22-21(13-18)27(9-11-32-22)15-17-14-25-16-26-17;1-2-20(11-22)12-3-4-16-14(7-12)21(5-6-23-16)15(8-17)13-9-18-10-19-13;1-3-2/h3-8,13-14,16H,2,9-12,15H2,1H3,(H,25,26);3-4,7,9-11,15H,2,5-6,8,17H2,1H3,(H,18,19);3H,1-2H3. The van der Waals surface area contributed by atoms with Crippen LogP contribution in [0.25, 0.3) is 0 Å². The highest BCUT2D eigenvalue weighted by Gasteiger charge is 2.35. The normalized spacial score (nSPS) is 14.4. The van der Waals surface area contributed by atoms with Crippen LogP contribution in [0.4, 0.5) is 22.7 Å². The molecule has 0 saturated heterocycles. The number of aromatic nitrogens is 4. The van der Waals surface area contributed by atoms with Crippen molar-refractivity contribution in [1.29, 1.82) is 0 Å². The van der Waals surface area contributed by atoms with Crippen LogP contribution < -0.4 is 39.5 Å². The molecule has 5 N–H and O–H groups in total. The number of carbonyl (C=O) groups is 3. The highest BCUT2D eigenvalue weighted by molar-refractivity contribution is 8.00. The smallest absolute Gasteiger partial charge is 0.261 e. The van der Waals surface area contributed by atoms with Crippen LogP contribution in [0, 0.1) is 0 Å². The van der Waals surface area contributed by atoms with Crippen LogP contribution in [0.3, 0.4) is 0 Å². The molecule has 0 radical (unpaired) electrons. The lowest BCUT2D eigenvalue weighted by Gasteiger charge is -2.37. The number of H-pyrrole nitrogens is 2. The molecule has 17 heteroatoms. The number of aromatic amines is 2. The van der Waals surface area contributed by atoms with Crippen molar-refractivity contribution in [3.05, 3.63) is 108 Å². The molecule has 16 nitrogen and oxygen atoms in total. The van der Waals surface area contributed by atoms with Crippen molar-refractivity contribution in [1.82, 2.24) is 30.2 Å². The monoisotopic (exact) mass is 823 g/mol. The van der Waals surface area contributed by atoms with E-state index in [4.69, 9.17) is 15.2 Å². The molecule has 1 atom stereocenters. The molecule has 1 unspecified atom stereocenters. The Hall–Kier alpha value is -6.04. The molecule has 3 amide bonds. The Kier molecular flexibility index (Phi) is 14.9. The van der Waals surface area contributed by atoms with Crippen molar-refractivity contribution in [3.63, 3.8) is 0 Å². The maximum atomic E-state index is 12.6. The van der Waals surface area contributed by atoms with Gasteiger partial charge in [0.1, 0.15) is 24.7 Å². The summed E-state index contributed by atoms with van der Waals surface area (Å²) in [6.45, 7) is 9.76. The molecule has 5 heterocycles. The molecular formula is C42H53N11O5S. The third-order valence-corrected chi connectivity index (χ3v) is 11.1. The number of nitrogens with one attached hydrogen (secondary N) is 3. The van der Waals surface area contributed by atoms with Crippen molar-refractivity contribution in [2.24, 2.45) is 5.73 Å². The van der Waals surface area contributed by atoms with E-state index in [1.807, 2.05) is 51.5 Å². The number of hydrogen-bond acceptors (Lipinski definition) is 13. The van der Waals surface area contributed by atoms with Crippen LogP contribution in [-0.4, -0.2) is 115 Å². The largest absolute Gasteiger partial charge is 0.490 e. The summed E-state index contributed by atoms with van der Waals surface area (Å²) in [6, 6.07) is 19.0. The number of imide groups is 1. The average molecular weight is 824 g/mol. The lowest BCUT2D eigenvalue weighted by Crippen LogP contribution is -2.39. The van der Waals surface area contributed by atoms with Gasteiger partial charge in [0, 0.05) is 49.5 Å². The zero-order valence-corrected chi connectivity index (χ0v) is 34.8. The lowest BCUT2D eigenvalue weighted by molar-refractivity contribution is -0.107. The van der Waals surface area contributed by atoms with Crippen molar-refractivity contribution >= 4 is 52.9 Å². The molecule has 0 saturated carbocycles. The van der Waals surface area contributed by atoms with Gasteiger partial charge in [0.15, 0.2) is 0 Å².